The molecule has 0 aliphatic rings. The molecule has 0 saturated heterocycles. The minimum Gasteiger partial charge on any atom is -0.493 e. The molecule has 138 valence electrons. The summed E-state index contributed by atoms with van der Waals surface area (Å²) >= 11 is 0. The molecule has 0 bridgehead atoms. The summed E-state index contributed by atoms with van der Waals surface area (Å²) in [6.07, 6.45) is -0.829. The lowest BCUT2D eigenvalue weighted by Gasteiger charge is -2.16. The minimum atomic E-state index is -0.829. The number of methoxy groups -OCH3 is 1. The smallest absolute Gasteiger partial charge is 0.279 e. The number of hydrogen-bond donors (Lipinski definition) is 2. The molecular formula is C19H22N2O5. The molecule has 2 aromatic rings. The Morgan fingerprint density at radius 1 is 1.00 bits per heavy atom. The van der Waals surface area contributed by atoms with Crippen molar-refractivity contribution in [1.29, 1.82) is 0 Å². The molecule has 1 atom stereocenters. The quantitative estimate of drug-likeness (QED) is 0.740. The van der Waals surface area contributed by atoms with Gasteiger partial charge in [0.15, 0.2) is 24.2 Å². The number of carbonyl (C=O) groups is 2. The summed E-state index contributed by atoms with van der Waals surface area (Å²) in [4.78, 5) is 23.8. The second-order valence-corrected chi connectivity index (χ2v) is 5.55. The first kappa shape index (κ1) is 19.1. The highest BCUT2D eigenvalue weighted by Crippen LogP contribution is 2.26. The molecule has 2 rings (SSSR count). The van der Waals surface area contributed by atoms with Gasteiger partial charge in [-0.3, -0.25) is 20.4 Å². The van der Waals surface area contributed by atoms with E-state index in [-0.39, 0.29) is 6.61 Å². The first-order valence-electron chi connectivity index (χ1n) is 8.07. The second kappa shape index (κ2) is 9.31. The summed E-state index contributed by atoms with van der Waals surface area (Å²) in [5, 5.41) is 0. The van der Waals surface area contributed by atoms with Crippen LogP contribution in [0.3, 0.4) is 0 Å². The van der Waals surface area contributed by atoms with E-state index >= 15 is 0 Å². The van der Waals surface area contributed by atoms with Crippen LogP contribution in [0.5, 0.6) is 17.2 Å². The average Bonchev–Trinajstić information content (AvgIpc) is 2.66. The maximum absolute atomic E-state index is 12.0. The van der Waals surface area contributed by atoms with Gasteiger partial charge in [0.25, 0.3) is 11.8 Å². The Morgan fingerprint density at radius 2 is 1.65 bits per heavy atom. The van der Waals surface area contributed by atoms with Crippen LogP contribution in [-0.4, -0.2) is 31.6 Å². The van der Waals surface area contributed by atoms with Crippen molar-refractivity contribution in [3.05, 3.63) is 54.1 Å². The summed E-state index contributed by atoms with van der Waals surface area (Å²) in [5.41, 5.74) is 5.68. The van der Waals surface area contributed by atoms with Gasteiger partial charge < -0.3 is 14.2 Å². The maximum Gasteiger partial charge on any atom is 0.279 e. The van der Waals surface area contributed by atoms with Gasteiger partial charge in [-0.05, 0) is 38.1 Å². The van der Waals surface area contributed by atoms with E-state index in [1.807, 2.05) is 19.1 Å². The molecule has 26 heavy (non-hydrogen) atoms. The number of nitrogens with one attached hydrogen (secondary N) is 2. The van der Waals surface area contributed by atoms with Gasteiger partial charge >= 0.3 is 0 Å². The van der Waals surface area contributed by atoms with Crippen molar-refractivity contribution < 1.29 is 23.8 Å². The number of amides is 2. The number of aryl methyl sites for hydroxylation is 1. The Bertz CT molecular complexity index is 746. The van der Waals surface area contributed by atoms with E-state index < -0.39 is 17.9 Å². The van der Waals surface area contributed by atoms with E-state index in [2.05, 4.69) is 10.9 Å². The van der Waals surface area contributed by atoms with Crippen LogP contribution in [0.15, 0.2) is 48.5 Å². The van der Waals surface area contributed by atoms with Crippen molar-refractivity contribution in [1.82, 2.24) is 10.9 Å². The molecule has 7 nitrogen and oxygen atoms in total. The van der Waals surface area contributed by atoms with Crippen LogP contribution in [0.2, 0.25) is 0 Å². The highest BCUT2D eigenvalue weighted by molar-refractivity contribution is 5.85. The molecule has 2 aromatic carbocycles. The van der Waals surface area contributed by atoms with E-state index in [1.54, 1.807) is 43.3 Å². The van der Waals surface area contributed by atoms with E-state index in [0.29, 0.717) is 17.2 Å². The predicted octanol–water partition coefficient (Wildman–Crippen LogP) is 2.00. The van der Waals surface area contributed by atoms with Crippen LogP contribution in [-0.2, 0) is 9.59 Å². The number of para-hydroxylation sites is 2. The van der Waals surface area contributed by atoms with Crippen LogP contribution in [0, 0.1) is 6.92 Å². The SMILES string of the molecule is COc1ccccc1OC(C)C(=O)NNC(=O)COc1ccc(C)cc1. The molecule has 2 amide bonds. The third-order valence-electron chi connectivity index (χ3n) is 3.46. The van der Waals surface area contributed by atoms with E-state index in [4.69, 9.17) is 14.2 Å². The Kier molecular flexibility index (Phi) is 6.84. The molecule has 0 saturated carbocycles. The Labute approximate surface area is 152 Å². The number of hydrogen-bond acceptors (Lipinski definition) is 5. The number of ether oxygens (including phenoxy) is 3. The van der Waals surface area contributed by atoms with Crippen molar-refractivity contribution in [3.8, 4) is 17.2 Å². The zero-order chi connectivity index (χ0) is 18.9. The van der Waals surface area contributed by atoms with Gasteiger partial charge in [0.2, 0.25) is 0 Å². The van der Waals surface area contributed by atoms with Gasteiger partial charge in [-0.1, -0.05) is 29.8 Å². The molecule has 0 aromatic heterocycles. The Morgan fingerprint density at radius 3 is 2.31 bits per heavy atom. The van der Waals surface area contributed by atoms with Gasteiger partial charge in [-0.25, -0.2) is 0 Å². The summed E-state index contributed by atoms with van der Waals surface area (Å²) in [7, 11) is 1.52. The largest absolute Gasteiger partial charge is 0.493 e. The van der Waals surface area contributed by atoms with Crippen LogP contribution >= 0.6 is 0 Å². The predicted molar refractivity (Wildman–Crippen MR) is 96.0 cm³/mol. The maximum atomic E-state index is 12.0. The lowest BCUT2D eigenvalue weighted by molar-refractivity contribution is -0.133. The van der Waals surface area contributed by atoms with Gasteiger partial charge in [0.05, 0.1) is 7.11 Å². The van der Waals surface area contributed by atoms with Crippen molar-refractivity contribution in [2.45, 2.75) is 20.0 Å². The Balaban J connectivity index is 1.76. The number of rotatable bonds is 7. The third-order valence-corrected chi connectivity index (χ3v) is 3.46. The standard InChI is InChI=1S/C19H22N2O5/c1-13-8-10-15(11-9-13)25-12-18(22)20-21-19(23)14(2)26-17-7-5-4-6-16(17)24-3/h4-11,14H,12H2,1-3H3,(H,20,22)(H,21,23). The van der Waals surface area contributed by atoms with Crippen LogP contribution < -0.4 is 25.1 Å². The fraction of sp³-hybridized carbons (Fsp3) is 0.263. The van der Waals surface area contributed by atoms with Gasteiger partial charge in [-0.15, -0.1) is 0 Å². The molecule has 0 aliphatic carbocycles. The lowest BCUT2D eigenvalue weighted by atomic mass is 10.2. The lowest BCUT2D eigenvalue weighted by Crippen LogP contribution is -2.48. The second-order valence-electron chi connectivity index (χ2n) is 5.55. The van der Waals surface area contributed by atoms with Crippen molar-refractivity contribution >= 4 is 11.8 Å². The molecule has 2 N–H and O–H groups in total. The number of benzene rings is 2. The summed E-state index contributed by atoms with van der Waals surface area (Å²) in [6.45, 7) is 3.31. The molecule has 0 aliphatic heterocycles. The van der Waals surface area contributed by atoms with Crippen molar-refractivity contribution in [3.63, 3.8) is 0 Å². The number of carbonyl (C=O) groups excluding carboxylic acids is 2. The summed E-state index contributed by atoms with van der Waals surface area (Å²) in [6, 6.07) is 14.3. The molecule has 0 radical (unpaired) electrons. The topological polar surface area (TPSA) is 85.9 Å². The minimum absolute atomic E-state index is 0.217. The first-order valence-corrected chi connectivity index (χ1v) is 8.07. The third kappa shape index (κ3) is 5.70. The Hall–Kier alpha value is -3.22. The van der Waals surface area contributed by atoms with Gasteiger partial charge in [0, 0.05) is 0 Å². The van der Waals surface area contributed by atoms with E-state index in [1.165, 1.54) is 7.11 Å². The van der Waals surface area contributed by atoms with Gasteiger partial charge in [-0.2, -0.15) is 0 Å². The number of hydrazine groups is 1. The monoisotopic (exact) mass is 358 g/mol. The van der Waals surface area contributed by atoms with Crippen LogP contribution in [0.4, 0.5) is 0 Å². The normalized spacial score (nSPS) is 11.2. The summed E-state index contributed by atoms with van der Waals surface area (Å²) < 4.78 is 16.0. The molecular weight excluding hydrogens is 336 g/mol. The average molecular weight is 358 g/mol. The van der Waals surface area contributed by atoms with Crippen LogP contribution in [0.1, 0.15) is 12.5 Å². The van der Waals surface area contributed by atoms with E-state index in [9.17, 15) is 9.59 Å². The fourth-order valence-corrected chi connectivity index (χ4v) is 2.01. The summed E-state index contributed by atoms with van der Waals surface area (Å²) in [5.74, 6) is 0.544. The molecule has 1 unspecified atom stereocenters. The fourth-order valence-electron chi connectivity index (χ4n) is 2.01. The molecule has 0 heterocycles. The van der Waals surface area contributed by atoms with E-state index in [0.717, 1.165) is 5.56 Å². The highest BCUT2D eigenvalue weighted by Gasteiger charge is 2.17. The zero-order valence-corrected chi connectivity index (χ0v) is 14.9. The van der Waals surface area contributed by atoms with Crippen molar-refractivity contribution in [2.75, 3.05) is 13.7 Å². The zero-order valence-electron chi connectivity index (χ0n) is 14.9. The molecule has 7 heteroatoms. The molecule has 0 spiro atoms. The highest BCUT2D eigenvalue weighted by atomic mass is 16.5. The van der Waals surface area contributed by atoms with Crippen molar-refractivity contribution in [2.24, 2.45) is 0 Å². The first-order chi connectivity index (χ1) is 12.5. The van der Waals surface area contributed by atoms with Crippen LogP contribution in [0.25, 0.3) is 0 Å². The molecule has 0 fully saturated rings. The van der Waals surface area contributed by atoms with Gasteiger partial charge in [0.1, 0.15) is 5.75 Å².